The zero-order chi connectivity index (χ0) is 9.97. The fraction of sp³-hybridized carbons (Fsp3) is 0.0833. The van der Waals surface area contributed by atoms with Crippen LogP contribution in [0.25, 0.3) is 11.1 Å². The van der Waals surface area contributed by atoms with E-state index in [1.165, 1.54) is 0 Å². The van der Waals surface area contributed by atoms with Crippen LogP contribution >= 0.6 is 11.6 Å². The van der Waals surface area contributed by atoms with Gasteiger partial charge in [0, 0.05) is 22.5 Å². The van der Waals surface area contributed by atoms with Gasteiger partial charge in [-0.15, -0.1) is 0 Å². The van der Waals surface area contributed by atoms with E-state index >= 15 is 0 Å². The highest BCUT2D eigenvalue weighted by atomic mass is 35.5. The van der Waals surface area contributed by atoms with Crippen LogP contribution in [0.1, 0.15) is 5.69 Å². The standard InChI is InChI=1S/C12H10ClN/c1-9-8-10(6-7-14-9)11-4-2-3-5-12(11)13/h2-8H,1H3. The fourth-order valence-corrected chi connectivity index (χ4v) is 1.65. The number of nitrogens with zero attached hydrogens (tertiary/aromatic N) is 1. The van der Waals surface area contributed by atoms with E-state index in [4.69, 9.17) is 11.6 Å². The Hall–Kier alpha value is -1.34. The van der Waals surface area contributed by atoms with E-state index in [-0.39, 0.29) is 0 Å². The molecule has 0 aliphatic rings. The van der Waals surface area contributed by atoms with Crippen molar-refractivity contribution in [1.29, 1.82) is 0 Å². The highest BCUT2D eigenvalue weighted by molar-refractivity contribution is 6.33. The lowest BCUT2D eigenvalue weighted by atomic mass is 10.1. The van der Waals surface area contributed by atoms with Gasteiger partial charge in [-0.25, -0.2) is 0 Å². The van der Waals surface area contributed by atoms with E-state index < -0.39 is 0 Å². The summed E-state index contributed by atoms with van der Waals surface area (Å²) in [4.78, 5) is 4.15. The number of rotatable bonds is 1. The van der Waals surface area contributed by atoms with E-state index in [2.05, 4.69) is 4.98 Å². The summed E-state index contributed by atoms with van der Waals surface area (Å²) in [5.74, 6) is 0. The van der Waals surface area contributed by atoms with Crippen LogP contribution in [-0.2, 0) is 0 Å². The highest BCUT2D eigenvalue weighted by Gasteiger charge is 2.01. The van der Waals surface area contributed by atoms with Gasteiger partial charge in [0.2, 0.25) is 0 Å². The number of halogens is 1. The van der Waals surface area contributed by atoms with E-state index in [1.54, 1.807) is 6.20 Å². The van der Waals surface area contributed by atoms with Crippen molar-refractivity contribution in [3.63, 3.8) is 0 Å². The summed E-state index contributed by atoms with van der Waals surface area (Å²) in [5, 5.41) is 0.776. The summed E-state index contributed by atoms with van der Waals surface area (Å²) in [7, 11) is 0. The third-order valence-corrected chi connectivity index (χ3v) is 2.41. The van der Waals surface area contributed by atoms with Crippen molar-refractivity contribution in [1.82, 2.24) is 4.98 Å². The first kappa shape index (κ1) is 9.22. The molecule has 1 heterocycles. The first-order chi connectivity index (χ1) is 6.77. The van der Waals surface area contributed by atoms with Gasteiger partial charge in [-0.3, -0.25) is 4.98 Å². The zero-order valence-electron chi connectivity index (χ0n) is 7.87. The predicted octanol–water partition coefficient (Wildman–Crippen LogP) is 3.71. The van der Waals surface area contributed by atoms with Crippen molar-refractivity contribution >= 4 is 11.6 Å². The number of pyridine rings is 1. The summed E-state index contributed by atoms with van der Waals surface area (Å²) in [6.45, 7) is 1.97. The van der Waals surface area contributed by atoms with Crippen molar-refractivity contribution < 1.29 is 0 Å². The summed E-state index contributed by atoms with van der Waals surface area (Å²) in [6.07, 6.45) is 1.80. The Balaban J connectivity index is 2.55. The largest absolute Gasteiger partial charge is 0.262 e. The van der Waals surface area contributed by atoms with Crippen LogP contribution < -0.4 is 0 Å². The van der Waals surface area contributed by atoms with E-state index in [0.717, 1.165) is 21.8 Å². The maximum Gasteiger partial charge on any atom is 0.0484 e. The Kier molecular flexibility index (Phi) is 2.51. The molecule has 2 aromatic rings. The maximum atomic E-state index is 6.09. The molecule has 0 bridgehead atoms. The van der Waals surface area contributed by atoms with Crippen molar-refractivity contribution in [3.8, 4) is 11.1 Å². The van der Waals surface area contributed by atoms with Crippen molar-refractivity contribution in [3.05, 3.63) is 53.3 Å². The average molecular weight is 204 g/mol. The number of aromatic nitrogens is 1. The van der Waals surface area contributed by atoms with Gasteiger partial charge in [0.1, 0.15) is 0 Å². The van der Waals surface area contributed by atoms with E-state index in [1.807, 2.05) is 43.3 Å². The van der Waals surface area contributed by atoms with Crippen LogP contribution in [0.2, 0.25) is 5.02 Å². The molecule has 0 unspecified atom stereocenters. The second-order valence-electron chi connectivity index (χ2n) is 3.17. The lowest BCUT2D eigenvalue weighted by molar-refractivity contribution is 1.20. The maximum absolute atomic E-state index is 6.09. The van der Waals surface area contributed by atoms with Gasteiger partial charge in [-0.1, -0.05) is 29.8 Å². The van der Waals surface area contributed by atoms with Crippen LogP contribution in [0.5, 0.6) is 0 Å². The Morgan fingerprint density at radius 1 is 1.14 bits per heavy atom. The predicted molar refractivity (Wildman–Crippen MR) is 59.4 cm³/mol. The van der Waals surface area contributed by atoms with Gasteiger partial charge in [-0.2, -0.15) is 0 Å². The molecule has 1 aromatic heterocycles. The molecule has 0 saturated heterocycles. The molecule has 0 aliphatic carbocycles. The van der Waals surface area contributed by atoms with Crippen LogP contribution in [0.15, 0.2) is 42.6 Å². The molecule has 0 aliphatic heterocycles. The first-order valence-electron chi connectivity index (χ1n) is 4.45. The van der Waals surface area contributed by atoms with Gasteiger partial charge in [0.05, 0.1) is 0 Å². The monoisotopic (exact) mass is 203 g/mol. The second kappa shape index (κ2) is 3.81. The Bertz CT molecular complexity index is 452. The van der Waals surface area contributed by atoms with Gasteiger partial charge in [-0.05, 0) is 30.7 Å². The van der Waals surface area contributed by atoms with Crippen LogP contribution in [0.4, 0.5) is 0 Å². The lowest BCUT2D eigenvalue weighted by Crippen LogP contribution is -1.83. The number of aryl methyl sites for hydroxylation is 1. The minimum Gasteiger partial charge on any atom is -0.262 e. The first-order valence-corrected chi connectivity index (χ1v) is 4.83. The molecule has 2 heteroatoms. The third kappa shape index (κ3) is 1.78. The average Bonchev–Trinajstić information content (AvgIpc) is 2.18. The van der Waals surface area contributed by atoms with Crippen LogP contribution in [0, 0.1) is 6.92 Å². The molecule has 2 rings (SSSR count). The van der Waals surface area contributed by atoms with E-state index in [0.29, 0.717) is 0 Å². The molecule has 0 saturated carbocycles. The molecule has 1 aromatic carbocycles. The quantitative estimate of drug-likeness (QED) is 0.689. The van der Waals surface area contributed by atoms with Crippen molar-refractivity contribution in [2.75, 3.05) is 0 Å². The fourth-order valence-electron chi connectivity index (χ4n) is 1.41. The Morgan fingerprint density at radius 2 is 1.93 bits per heavy atom. The molecule has 0 spiro atoms. The van der Waals surface area contributed by atoms with Crippen LogP contribution in [0.3, 0.4) is 0 Å². The smallest absolute Gasteiger partial charge is 0.0484 e. The molecule has 0 atom stereocenters. The van der Waals surface area contributed by atoms with Gasteiger partial charge in [0.25, 0.3) is 0 Å². The van der Waals surface area contributed by atoms with Crippen LogP contribution in [-0.4, -0.2) is 4.98 Å². The number of benzene rings is 1. The SMILES string of the molecule is Cc1cc(-c2ccccc2Cl)ccn1. The van der Waals surface area contributed by atoms with Gasteiger partial charge < -0.3 is 0 Å². The molecular weight excluding hydrogens is 194 g/mol. The summed E-state index contributed by atoms with van der Waals surface area (Å²) in [5.41, 5.74) is 3.17. The summed E-state index contributed by atoms with van der Waals surface area (Å²) >= 11 is 6.09. The lowest BCUT2D eigenvalue weighted by Gasteiger charge is -2.04. The molecular formula is C12H10ClN. The molecule has 70 valence electrons. The van der Waals surface area contributed by atoms with Crippen molar-refractivity contribution in [2.24, 2.45) is 0 Å². The van der Waals surface area contributed by atoms with E-state index in [9.17, 15) is 0 Å². The normalized spacial score (nSPS) is 10.1. The molecule has 0 radical (unpaired) electrons. The minimum absolute atomic E-state index is 0.776. The zero-order valence-corrected chi connectivity index (χ0v) is 8.62. The molecule has 0 N–H and O–H groups in total. The highest BCUT2D eigenvalue weighted by Crippen LogP contribution is 2.27. The number of hydrogen-bond donors (Lipinski definition) is 0. The van der Waals surface area contributed by atoms with Gasteiger partial charge in [0.15, 0.2) is 0 Å². The van der Waals surface area contributed by atoms with Crippen molar-refractivity contribution in [2.45, 2.75) is 6.92 Å². The third-order valence-electron chi connectivity index (χ3n) is 2.08. The molecule has 0 fully saturated rings. The molecule has 0 amide bonds. The molecule has 14 heavy (non-hydrogen) atoms. The summed E-state index contributed by atoms with van der Waals surface area (Å²) in [6, 6.07) is 11.8. The molecule has 1 nitrogen and oxygen atoms in total. The second-order valence-corrected chi connectivity index (χ2v) is 3.57. The topological polar surface area (TPSA) is 12.9 Å². The summed E-state index contributed by atoms with van der Waals surface area (Å²) < 4.78 is 0. The number of hydrogen-bond acceptors (Lipinski definition) is 1. The Labute approximate surface area is 88.4 Å². The minimum atomic E-state index is 0.776. The Morgan fingerprint density at radius 3 is 2.64 bits per heavy atom. The van der Waals surface area contributed by atoms with Gasteiger partial charge >= 0.3 is 0 Å².